The van der Waals surface area contributed by atoms with Crippen molar-refractivity contribution >= 4 is 23.6 Å². The lowest BCUT2D eigenvalue weighted by molar-refractivity contribution is -0.142. The van der Waals surface area contributed by atoms with Gasteiger partial charge in [-0.15, -0.1) is 0 Å². The fraction of sp³-hybridized carbons (Fsp3) is 0.360. The number of para-hydroxylation sites is 1. The molecule has 0 atom stereocenters. The van der Waals surface area contributed by atoms with E-state index in [1.807, 2.05) is 18.2 Å². The summed E-state index contributed by atoms with van der Waals surface area (Å²) in [6.45, 7) is 7.94. The Balaban J connectivity index is 2.02. The summed E-state index contributed by atoms with van der Waals surface area (Å²) in [6.07, 6.45) is 2.84. The van der Waals surface area contributed by atoms with Crippen molar-refractivity contribution < 1.29 is 23.8 Å². The van der Waals surface area contributed by atoms with Crippen LogP contribution in [-0.2, 0) is 14.3 Å². The predicted molar refractivity (Wildman–Crippen MR) is 123 cm³/mol. The average Bonchev–Trinajstić information content (AvgIpc) is 2.75. The highest BCUT2D eigenvalue weighted by Gasteiger charge is 2.16. The van der Waals surface area contributed by atoms with Crippen LogP contribution in [0.3, 0.4) is 0 Å². The number of methoxy groups -OCH3 is 2. The molecular weight excluding hydrogens is 394 g/mol. The van der Waals surface area contributed by atoms with Crippen LogP contribution < -0.4 is 14.8 Å². The van der Waals surface area contributed by atoms with Gasteiger partial charge < -0.3 is 19.5 Å². The second-order valence-corrected chi connectivity index (χ2v) is 7.72. The zero-order valence-corrected chi connectivity index (χ0v) is 19.0. The molecule has 6 nitrogen and oxygen atoms in total. The van der Waals surface area contributed by atoms with Gasteiger partial charge in [-0.1, -0.05) is 45.9 Å². The molecule has 2 aromatic rings. The van der Waals surface area contributed by atoms with Crippen molar-refractivity contribution in [3.63, 3.8) is 0 Å². The molecule has 31 heavy (non-hydrogen) atoms. The molecule has 1 N–H and O–H groups in total. The first-order chi connectivity index (χ1) is 14.8. The number of carbonyl (C=O) groups excluding carboxylic acids is 2. The van der Waals surface area contributed by atoms with Crippen LogP contribution >= 0.6 is 0 Å². The third-order valence-electron chi connectivity index (χ3n) is 4.82. The van der Waals surface area contributed by atoms with Gasteiger partial charge in [-0.25, -0.2) is 4.79 Å². The van der Waals surface area contributed by atoms with E-state index in [-0.39, 0.29) is 24.3 Å². The van der Waals surface area contributed by atoms with Crippen molar-refractivity contribution in [3.05, 3.63) is 59.2 Å². The van der Waals surface area contributed by atoms with Crippen molar-refractivity contribution in [1.29, 1.82) is 0 Å². The van der Waals surface area contributed by atoms with E-state index in [1.54, 1.807) is 31.4 Å². The van der Waals surface area contributed by atoms with E-state index in [1.165, 1.54) is 13.2 Å². The minimum atomic E-state index is -0.616. The van der Waals surface area contributed by atoms with Crippen LogP contribution in [0.1, 0.15) is 56.2 Å². The van der Waals surface area contributed by atoms with Crippen LogP contribution in [0.2, 0.25) is 0 Å². The maximum Gasteiger partial charge on any atom is 0.331 e. The smallest absolute Gasteiger partial charge is 0.331 e. The number of esters is 1. The summed E-state index contributed by atoms with van der Waals surface area (Å²) >= 11 is 0. The first kappa shape index (κ1) is 24.0. The number of anilines is 1. The van der Waals surface area contributed by atoms with Gasteiger partial charge in [0.05, 0.1) is 14.2 Å². The normalized spacial score (nSPS) is 11.1. The van der Waals surface area contributed by atoms with E-state index in [9.17, 15) is 9.59 Å². The van der Waals surface area contributed by atoms with Gasteiger partial charge in [0.25, 0.3) is 5.91 Å². The number of amides is 1. The summed E-state index contributed by atoms with van der Waals surface area (Å²) < 4.78 is 15.6. The lowest BCUT2D eigenvalue weighted by Crippen LogP contribution is -2.22. The number of ether oxygens (including phenoxy) is 3. The Morgan fingerprint density at radius 2 is 1.61 bits per heavy atom. The summed E-state index contributed by atoms with van der Waals surface area (Å²) in [4.78, 5) is 24.6. The van der Waals surface area contributed by atoms with E-state index < -0.39 is 5.97 Å². The fourth-order valence-electron chi connectivity index (χ4n) is 3.17. The van der Waals surface area contributed by atoms with E-state index in [0.717, 1.165) is 16.8 Å². The molecule has 6 heteroatoms. The molecule has 0 heterocycles. The monoisotopic (exact) mass is 425 g/mol. The molecule has 0 spiro atoms. The van der Waals surface area contributed by atoms with Gasteiger partial charge in [0.15, 0.2) is 6.61 Å². The van der Waals surface area contributed by atoms with Crippen LogP contribution in [-0.4, -0.2) is 32.7 Å². The number of hydrogen-bond acceptors (Lipinski definition) is 5. The summed E-state index contributed by atoms with van der Waals surface area (Å²) in [7, 11) is 3.10. The first-order valence-electron chi connectivity index (χ1n) is 10.3. The molecule has 0 bridgehead atoms. The van der Waals surface area contributed by atoms with Crippen molar-refractivity contribution in [1.82, 2.24) is 0 Å². The quantitative estimate of drug-likeness (QED) is 0.444. The molecule has 0 fully saturated rings. The van der Waals surface area contributed by atoms with Crippen molar-refractivity contribution in [3.8, 4) is 11.5 Å². The Hall–Kier alpha value is -3.28. The number of benzene rings is 2. The standard InChI is InChI=1S/C25H31NO5/c1-16(2)20-8-7-9-21(17(3)4)25(20)26-23(27)15-31-24(28)13-11-18-10-12-19(29-5)14-22(18)30-6/h7-14,16-17H,15H2,1-6H3,(H,26,27)/b13-11+. The Morgan fingerprint density at radius 1 is 0.968 bits per heavy atom. The highest BCUT2D eigenvalue weighted by Crippen LogP contribution is 2.32. The second kappa shape index (κ2) is 11.2. The molecule has 0 aromatic heterocycles. The summed E-state index contributed by atoms with van der Waals surface area (Å²) in [5, 5.41) is 2.93. The van der Waals surface area contributed by atoms with Gasteiger partial charge in [-0.3, -0.25) is 4.79 Å². The van der Waals surface area contributed by atoms with Crippen LogP contribution in [0, 0.1) is 0 Å². The SMILES string of the molecule is COc1ccc(/C=C/C(=O)OCC(=O)Nc2c(C(C)C)cccc2C(C)C)c(OC)c1. The summed E-state index contributed by atoms with van der Waals surface area (Å²) in [5.74, 6) is 0.717. The number of carbonyl (C=O) groups is 2. The van der Waals surface area contributed by atoms with E-state index in [4.69, 9.17) is 14.2 Å². The molecule has 0 aliphatic carbocycles. The molecule has 166 valence electrons. The van der Waals surface area contributed by atoms with E-state index >= 15 is 0 Å². The zero-order valence-electron chi connectivity index (χ0n) is 19.0. The summed E-state index contributed by atoms with van der Waals surface area (Å²) in [5.41, 5.74) is 3.60. The average molecular weight is 426 g/mol. The van der Waals surface area contributed by atoms with Gasteiger partial charge in [-0.05, 0) is 41.2 Å². The van der Waals surface area contributed by atoms with Crippen LogP contribution in [0.15, 0.2) is 42.5 Å². The van der Waals surface area contributed by atoms with E-state index in [2.05, 4.69) is 33.0 Å². The minimum Gasteiger partial charge on any atom is -0.497 e. The molecule has 0 aliphatic rings. The maximum atomic E-state index is 12.5. The highest BCUT2D eigenvalue weighted by atomic mass is 16.5. The minimum absolute atomic E-state index is 0.249. The maximum absolute atomic E-state index is 12.5. The highest BCUT2D eigenvalue weighted by molar-refractivity contribution is 5.96. The van der Waals surface area contributed by atoms with Crippen LogP contribution in [0.4, 0.5) is 5.69 Å². The fourth-order valence-corrected chi connectivity index (χ4v) is 3.17. The number of rotatable bonds is 9. The number of hydrogen-bond donors (Lipinski definition) is 1. The van der Waals surface area contributed by atoms with E-state index in [0.29, 0.717) is 17.1 Å². The van der Waals surface area contributed by atoms with Gasteiger partial charge in [-0.2, -0.15) is 0 Å². The molecule has 2 aromatic carbocycles. The second-order valence-electron chi connectivity index (χ2n) is 7.72. The topological polar surface area (TPSA) is 73.9 Å². The van der Waals surface area contributed by atoms with Crippen LogP contribution in [0.5, 0.6) is 11.5 Å². The number of nitrogens with one attached hydrogen (secondary N) is 1. The largest absolute Gasteiger partial charge is 0.497 e. The van der Waals surface area contributed by atoms with Crippen LogP contribution in [0.25, 0.3) is 6.08 Å². The van der Waals surface area contributed by atoms with Crippen molar-refractivity contribution in [2.45, 2.75) is 39.5 Å². The molecule has 0 unspecified atom stereocenters. The molecule has 1 amide bonds. The molecule has 0 radical (unpaired) electrons. The Bertz CT molecular complexity index is 921. The Labute approximate surface area is 184 Å². The third kappa shape index (κ3) is 6.60. The van der Waals surface area contributed by atoms with Gasteiger partial charge >= 0.3 is 5.97 Å². The molecule has 0 saturated heterocycles. The molecule has 2 rings (SSSR count). The summed E-state index contributed by atoms with van der Waals surface area (Å²) in [6, 6.07) is 11.3. The lowest BCUT2D eigenvalue weighted by atomic mass is 9.92. The molecule has 0 aliphatic heterocycles. The van der Waals surface area contributed by atoms with Crippen molar-refractivity contribution in [2.24, 2.45) is 0 Å². The van der Waals surface area contributed by atoms with Crippen molar-refractivity contribution in [2.75, 3.05) is 26.1 Å². The molecular formula is C25H31NO5. The zero-order chi connectivity index (χ0) is 23.0. The first-order valence-corrected chi connectivity index (χ1v) is 10.3. The predicted octanol–water partition coefficient (Wildman–Crippen LogP) is 5.15. The lowest BCUT2D eigenvalue weighted by Gasteiger charge is -2.20. The van der Waals surface area contributed by atoms with Gasteiger partial charge in [0, 0.05) is 23.4 Å². The third-order valence-corrected chi connectivity index (χ3v) is 4.82. The van der Waals surface area contributed by atoms with Gasteiger partial charge in [0.2, 0.25) is 0 Å². The van der Waals surface area contributed by atoms with Gasteiger partial charge in [0.1, 0.15) is 11.5 Å². The Morgan fingerprint density at radius 3 is 2.16 bits per heavy atom. The molecule has 0 saturated carbocycles. The Kier molecular flexibility index (Phi) is 8.67.